The highest BCUT2D eigenvalue weighted by atomic mass is 16.5. The minimum atomic E-state index is -0.535. The predicted octanol–water partition coefficient (Wildman–Crippen LogP) is 0.659. The average molecular weight is 125 g/mol. The quantitative estimate of drug-likeness (QED) is 0.511. The Morgan fingerprint density at radius 1 is 1.78 bits per heavy atom. The Bertz CT molecular complexity index is 193. The van der Waals surface area contributed by atoms with E-state index in [1.54, 1.807) is 0 Å². The van der Waals surface area contributed by atoms with Crippen LogP contribution in [0.5, 0.6) is 0 Å². The maximum absolute atomic E-state index is 10.5. The average Bonchev–Trinajstić information content (AvgIpc) is 2.37. The zero-order chi connectivity index (χ0) is 6.69. The van der Waals surface area contributed by atoms with Crippen molar-refractivity contribution in [2.45, 2.75) is 0 Å². The van der Waals surface area contributed by atoms with Crippen molar-refractivity contribution in [1.29, 1.82) is 0 Å². The van der Waals surface area contributed by atoms with E-state index in [4.69, 9.17) is 0 Å². The van der Waals surface area contributed by atoms with Gasteiger partial charge in [0.15, 0.2) is 0 Å². The van der Waals surface area contributed by atoms with Crippen molar-refractivity contribution in [3.8, 4) is 0 Å². The molecule has 0 bridgehead atoms. The summed E-state index contributed by atoms with van der Waals surface area (Å²) in [6.45, 7) is 0. The summed E-state index contributed by atoms with van der Waals surface area (Å²) in [5.41, 5.74) is 0. The first-order valence-electron chi connectivity index (χ1n) is 2.29. The molecule has 0 unspecified atom stereocenters. The molecule has 47 valence electrons. The Hall–Kier alpha value is -1.32. The molecule has 0 aliphatic heterocycles. The van der Waals surface area contributed by atoms with Crippen LogP contribution in [-0.2, 0) is 4.74 Å². The molecular weight excluding hydrogens is 120 g/mol. The molecule has 1 aromatic heterocycles. The van der Waals surface area contributed by atoms with Crippen LogP contribution in [0.4, 0.5) is 4.79 Å². The summed E-state index contributed by atoms with van der Waals surface area (Å²) in [5.74, 6) is 0. The van der Waals surface area contributed by atoms with Gasteiger partial charge in [-0.2, -0.15) is 0 Å². The topological polar surface area (TPSA) is 44.1 Å². The number of imidazole rings is 1. The fourth-order valence-corrected chi connectivity index (χ4v) is 0.442. The molecule has 4 nitrogen and oxygen atoms in total. The minimum Gasteiger partial charge on any atom is -0.445 e. The second-order valence-electron chi connectivity index (χ2n) is 1.38. The zero-order valence-corrected chi connectivity index (χ0v) is 4.65. The van der Waals surface area contributed by atoms with E-state index < -0.39 is 6.09 Å². The standard InChI is InChI=1S/C5H5N2O2/c1-9-5(8)7-3-2-6-4-7/h2-4H,1H2. The molecule has 0 saturated heterocycles. The van der Waals surface area contributed by atoms with Crippen molar-refractivity contribution in [3.05, 3.63) is 25.8 Å². The SMILES string of the molecule is [CH2]OC(=O)n1ccnc1. The Morgan fingerprint density at radius 2 is 2.56 bits per heavy atom. The van der Waals surface area contributed by atoms with Crippen LogP contribution >= 0.6 is 0 Å². The van der Waals surface area contributed by atoms with Gasteiger partial charge < -0.3 is 4.74 Å². The van der Waals surface area contributed by atoms with E-state index in [1.807, 2.05) is 0 Å². The summed E-state index contributed by atoms with van der Waals surface area (Å²) in [7, 11) is 2.94. The van der Waals surface area contributed by atoms with E-state index in [2.05, 4.69) is 16.8 Å². The first kappa shape index (κ1) is 5.81. The van der Waals surface area contributed by atoms with Crippen LogP contribution < -0.4 is 0 Å². The van der Waals surface area contributed by atoms with Crippen molar-refractivity contribution < 1.29 is 9.53 Å². The first-order valence-corrected chi connectivity index (χ1v) is 2.29. The predicted molar refractivity (Wildman–Crippen MR) is 29.5 cm³/mol. The fourth-order valence-electron chi connectivity index (χ4n) is 0.442. The molecule has 0 N–H and O–H groups in total. The Kier molecular flexibility index (Phi) is 1.48. The zero-order valence-electron chi connectivity index (χ0n) is 4.65. The van der Waals surface area contributed by atoms with Gasteiger partial charge in [-0.25, -0.2) is 14.3 Å². The molecule has 0 aromatic carbocycles. The molecule has 1 radical (unpaired) electrons. The lowest BCUT2D eigenvalue weighted by Gasteiger charge is -1.94. The second kappa shape index (κ2) is 2.30. The summed E-state index contributed by atoms with van der Waals surface area (Å²) in [6.07, 6.45) is 3.77. The highest BCUT2D eigenvalue weighted by molar-refractivity contribution is 5.69. The lowest BCUT2D eigenvalue weighted by molar-refractivity contribution is 0.185. The lowest BCUT2D eigenvalue weighted by atomic mass is 10.9. The third-order valence-corrected chi connectivity index (χ3v) is 0.839. The van der Waals surface area contributed by atoms with E-state index in [9.17, 15) is 4.79 Å². The molecule has 0 atom stereocenters. The highest BCUT2D eigenvalue weighted by Crippen LogP contribution is 1.86. The summed E-state index contributed by atoms with van der Waals surface area (Å²) in [5, 5.41) is 0. The number of nitrogens with zero attached hydrogens (tertiary/aromatic N) is 2. The van der Waals surface area contributed by atoms with Gasteiger partial charge in [-0.05, 0) is 0 Å². The van der Waals surface area contributed by atoms with Crippen LogP contribution in [0.2, 0.25) is 0 Å². The number of ether oxygens (including phenoxy) is 1. The summed E-state index contributed by atoms with van der Waals surface area (Å²) in [4.78, 5) is 14.1. The molecule has 0 fully saturated rings. The van der Waals surface area contributed by atoms with Crippen LogP contribution in [0, 0.1) is 7.11 Å². The van der Waals surface area contributed by atoms with Crippen LogP contribution in [0.1, 0.15) is 0 Å². The van der Waals surface area contributed by atoms with Gasteiger partial charge in [0.2, 0.25) is 0 Å². The third-order valence-electron chi connectivity index (χ3n) is 0.839. The molecule has 1 rings (SSSR count). The van der Waals surface area contributed by atoms with Crippen LogP contribution in [0.15, 0.2) is 18.7 Å². The lowest BCUT2D eigenvalue weighted by Crippen LogP contribution is -2.06. The van der Waals surface area contributed by atoms with E-state index in [1.165, 1.54) is 23.3 Å². The first-order chi connectivity index (χ1) is 4.34. The van der Waals surface area contributed by atoms with Gasteiger partial charge in [-0.15, -0.1) is 0 Å². The van der Waals surface area contributed by atoms with Crippen LogP contribution in [-0.4, -0.2) is 15.6 Å². The molecule has 9 heavy (non-hydrogen) atoms. The molecule has 4 heteroatoms. The normalized spacial score (nSPS) is 9.00. The van der Waals surface area contributed by atoms with E-state index in [-0.39, 0.29) is 0 Å². The maximum atomic E-state index is 10.5. The number of rotatable bonds is 0. The minimum absolute atomic E-state index is 0.535. The second-order valence-corrected chi connectivity index (χ2v) is 1.38. The summed E-state index contributed by atoms with van der Waals surface area (Å²) in [6, 6.07) is 0. The molecular formula is C5H5N2O2. The van der Waals surface area contributed by atoms with Crippen molar-refractivity contribution in [2.24, 2.45) is 0 Å². The summed E-state index contributed by atoms with van der Waals surface area (Å²) >= 11 is 0. The molecule has 0 amide bonds. The highest BCUT2D eigenvalue weighted by Gasteiger charge is 1.98. The van der Waals surface area contributed by atoms with Crippen molar-refractivity contribution >= 4 is 6.09 Å². The van der Waals surface area contributed by atoms with Gasteiger partial charge in [0.05, 0.1) is 0 Å². The molecule has 1 heterocycles. The third kappa shape index (κ3) is 1.07. The smallest absolute Gasteiger partial charge is 0.419 e. The van der Waals surface area contributed by atoms with Crippen molar-refractivity contribution in [2.75, 3.05) is 0 Å². The molecule has 1 aromatic rings. The Balaban J connectivity index is 2.77. The molecule has 0 aliphatic carbocycles. The van der Waals surface area contributed by atoms with Gasteiger partial charge in [0.25, 0.3) is 0 Å². The molecule has 0 aliphatic rings. The van der Waals surface area contributed by atoms with Gasteiger partial charge in [-0.3, -0.25) is 0 Å². The Labute approximate surface area is 52.1 Å². The number of carbonyl (C=O) groups is 1. The fraction of sp³-hybridized carbons (Fsp3) is 0. The largest absolute Gasteiger partial charge is 0.445 e. The van der Waals surface area contributed by atoms with Crippen molar-refractivity contribution in [3.63, 3.8) is 0 Å². The summed E-state index contributed by atoms with van der Waals surface area (Å²) < 4.78 is 5.32. The maximum Gasteiger partial charge on any atom is 0.419 e. The number of hydrogen-bond donors (Lipinski definition) is 0. The van der Waals surface area contributed by atoms with Gasteiger partial charge in [0, 0.05) is 12.4 Å². The molecule has 0 saturated carbocycles. The van der Waals surface area contributed by atoms with E-state index in [0.29, 0.717) is 0 Å². The molecule has 0 spiro atoms. The van der Waals surface area contributed by atoms with Crippen LogP contribution in [0.3, 0.4) is 0 Å². The van der Waals surface area contributed by atoms with Gasteiger partial charge in [-0.1, -0.05) is 0 Å². The monoisotopic (exact) mass is 125 g/mol. The Morgan fingerprint density at radius 3 is 3.00 bits per heavy atom. The van der Waals surface area contributed by atoms with Gasteiger partial charge >= 0.3 is 6.09 Å². The van der Waals surface area contributed by atoms with Crippen molar-refractivity contribution in [1.82, 2.24) is 9.55 Å². The van der Waals surface area contributed by atoms with E-state index in [0.717, 1.165) is 0 Å². The van der Waals surface area contributed by atoms with E-state index >= 15 is 0 Å². The number of carbonyl (C=O) groups excluding carboxylic acids is 1. The number of aromatic nitrogens is 2. The van der Waals surface area contributed by atoms with Crippen LogP contribution in [0.25, 0.3) is 0 Å². The number of hydrogen-bond acceptors (Lipinski definition) is 3. The van der Waals surface area contributed by atoms with Gasteiger partial charge in [0.1, 0.15) is 13.4 Å².